The van der Waals surface area contributed by atoms with Gasteiger partial charge in [0.05, 0.1) is 6.61 Å². The Morgan fingerprint density at radius 1 is 1.41 bits per heavy atom. The summed E-state index contributed by atoms with van der Waals surface area (Å²) in [5, 5.41) is 12.2. The molecule has 3 nitrogen and oxygen atoms in total. The standard InChI is InChI=1S/C14H22N2O/c1-12-5-2-3-7-14(12)16-9-4-6-13(11-16)15-8-10-17/h2-3,5,7,13,15,17H,4,6,8-11H2,1H3. The van der Waals surface area contributed by atoms with Gasteiger partial charge in [0.2, 0.25) is 0 Å². The third-order valence-electron chi connectivity index (χ3n) is 3.42. The fourth-order valence-electron chi connectivity index (χ4n) is 2.55. The molecule has 1 aromatic carbocycles. The Balaban J connectivity index is 1.99. The fourth-order valence-corrected chi connectivity index (χ4v) is 2.55. The topological polar surface area (TPSA) is 35.5 Å². The zero-order valence-electron chi connectivity index (χ0n) is 10.5. The summed E-state index contributed by atoms with van der Waals surface area (Å²) >= 11 is 0. The van der Waals surface area contributed by atoms with Gasteiger partial charge in [0.15, 0.2) is 0 Å². The molecule has 2 N–H and O–H groups in total. The van der Waals surface area contributed by atoms with Crippen LogP contribution in [0.3, 0.4) is 0 Å². The number of nitrogens with one attached hydrogen (secondary N) is 1. The van der Waals surface area contributed by atoms with E-state index in [0.717, 1.165) is 13.1 Å². The van der Waals surface area contributed by atoms with E-state index in [2.05, 4.69) is 41.4 Å². The molecule has 0 spiro atoms. The highest BCUT2D eigenvalue weighted by Crippen LogP contribution is 2.23. The second-order valence-electron chi connectivity index (χ2n) is 4.75. The Morgan fingerprint density at radius 2 is 2.24 bits per heavy atom. The van der Waals surface area contributed by atoms with Gasteiger partial charge in [-0.05, 0) is 31.4 Å². The molecule has 3 heteroatoms. The molecular weight excluding hydrogens is 212 g/mol. The summed E-state index contributed by atoms with van der Waals surface area (Å²) in [6, 6.07) is 9.07. The van der Waals surface area contributed by atoms with Crippen LogP contribution in [0, 0.1) is 6.92 Å². The summed E-state index contributed by atoms with van der Waals surface area (Å²) in [5.74, 6) is 0. The van der Waals surface area contributed by atoms with E-state index in [1.807, 2.05) is 0 Å². The number of hydrogen-bond donors (Lipinski definition) is 2. The molecule has 1 saturated heterocycles. The number of piperidine rings is 1. The van der Waals surface area contributed by atoms with Crippen LogP contribution in [0.25, 0.3) is 0 Å². The molecule has 0 aliphatic carbocycles. The monoisotopic (exact) mass is 234 g/mol. The molecule has 17 heavy (non-hydrogen) atoms. The van der Waals surface area contributed by atoms with Crippen LogP contribution in [0.15, 0.2) is 24.3 Å². The van der Waals surface area contributed by atoms with Crippen molar-refractivity contribution < 1.29 is 5.11 Å². The largest absolute Gasteiger partial charge is 0.395 e. The van der Waals surface area contributed by atoms with Crippen LogP contribution < -0.4 is 10.2 Å². The van der Waals surface area contributed by atoms with Crippen molar-refractivity contribution in [3.63, 3.8) is 0 Å². The lowest BCUT2D eigenvalue weighted by Crippen LogP contribution is -2.46. The van der Waals surface area contributed by atoms with E-state index >= 15 is 0 Å². The molecule has 0 bridgehead atoms. The van der Waals surface area contributed by atoms with Crippen LogP contribution in [0.2, 0.25) is 0 Å². The van der Waals surface area contributed by atoms with Gasteiger partial charge in [-0.25, -0.2) is 0 Å². The Bertz CT molecular complexity index is 354. The van der Waals surface area contributed by atoms with Crippen molar-refractivity contribution in [2.24, 2.45) is 0 Å². The number of para-hydroxylation sites is 1. The number of rotatable bonds is 4. The van der Waals surface area contributed by atoms with Gasteiger partial charge in [-0.3, -0.25) is 0 Å². The molecule has 0 saturated carbocycles. The van der Waals surface area contributed by atoms with Crippen LogP contribution in [0.4, 0.5) is 5.69 Å². The molecule has 0 aromatic heterocycles. The van der Waals surface area contributed by atoms with Gasteiger partial charge in [0, 0.05) is 31.4 Å². The van der Waals surface area contributed by atoms with Gasteiger partial charge in [-0.2, -0.15) is 0 Å². The molecule has 1 aliphatic heterocycles. The van der Waals surface area contributed by atoms with E-state index in [0.29, 0.717) is 12.6 Å². The van der Waals surface area contributed by atoms with Crippen molar-refractivity contribution in [3.8, 4) is 0 Å². The third kappa shape index (κ3) is 3.20. The maximum atomic E-state index is 8.85. The van der Waals surface area contributed by atoms with Crippen molar-refractivity contribution in [2.75, 3.05) is 31.1 Å². The molecular formula is C14H22N2O. The van der Waals surface area contributed by atoms with Crippen LogP contribution in [0.1, 0.15) is 18.4 Å². The minimum absolute atomic E-state index is 0.223. The summed E-state index contributed by atoms with van der Waals surface area (Å²) in [6.07, 6.45) is 2.43. The number of aliphatic hydroxyl groups excluding tert-OH is 1. The van der Waals surface area contributed by atoms with Gasteiger partial charge < -0.3 is 15.3 Å². The maximum absolute atomic E-state index is 8.85. The summed E-state index contributed by atoms with van der Waals surface area (Å²) in [4.78, 5) is 2.45. The van der Waals surface area contributed by atoms with E-state index in [1.54, 1.807) is 0 Å². The smallest absolute Gasteiger partial charge is 0.0556 e. The first-order chi connectivity index (χ1) is 8.31. The molecule has 2 rings (SSSR count). The Kier molecular flexibility index (Phi) is 4.40. The highest BCUT2D eigenvalue weighted by molar-refractivity contribution is 5.53. The molecule has 0 amide bonds. The molecule has 94 valence electrons. The lowest BCUT2D eigenvalue weighted by molar-refractivity contribution is 0.278. The number of nitrogens with zero attached hydrogens (tertiary/aromatic N) is 1. The first-order valence-electron chi connectivity index (χ1n) is 6.46. The molecule has 1 fully saturated rings. The van der Waals surface area contributed by atoms with E-state index in [1.165, 1.54) is 24.1 Å². The maximum Gasteiger partial charge on any atom is 0.0556 e. The van der Waals surface area contributed by atoms with Crippen LogP contribution >= 0.6 is 0 Å². The molecule has 0 radical (unpaired) electrons. The lowest BCUT2D eigenvalue weighted by atomic mass is 10.0. The first kappa shape index (κ1) is 12.4. The number of aliphatic hydroxyl groups is 1. The van der Waals surface area contributed by atoms with E-state index < -0.39 is 0 Å². The Labute approximate surface area is 103 Å². The minimum Gasteiger partial charge on any atom is -0.395 e. The average Bonchev–Trinajstić information content (AvgIpc) is 2.37. The second kappa shape index (κ2) is 6.03. The summed E-state index contributed by atoms with van der Waals surface area (Å²) < 4.78 is 0. The lowest BCUT2D eigenvalue weighted by Gasteiger charge is -2.35. The predicted molar refractivity (Wildman–Crippen MR) is 71.5 cm³/mol. The molecule has 1 aromatic rings. The summed E-state index contributed by atoms with van der Waals surface area (Å²) in [6.45, 7) is 5.28. The zero-order valence-corrected chi connectivity index (χ0v) is 10.5. The van der Waals surface area contributed by atoms with Gasteiger partial charge in [0.1, 0.15) is 0 Å². The van der Waals surface area contributed by atoms with Gasteiger partial charge in [0.25, 0.3) is 0 Å². The second-order valence-corrected chi connectivity index (χ2v) is 4.75. The minimum atomic E-state index is 0.223. The Hall–Kier alpha value is -1.06. The highest BCUT2D eigenvalue weighted by atomic mass is 16.3. The summed E-state index contributed by atoms with van der Waals surface area (Å²) in [7, 11) is 0. The fraction of sp³-hybridized carbons (Fsp3) is 0.571. The quantitative estimate of drug-likeness (QED) is 0.829. The molecule has 1 atom stereocenters. The third-order valence-corrected chi connectivity index (χ3v) is 3.42. The average molecular weight is 234 g/mol. The number of aryl methyl sites for hydroxylation is 1. The van der Waals surface area contributed by atoms with E-state index in [4.69, 9.17) is 5.11 Å². The van der Waals surface area contributed by atoms with Crippen molar-refractivity contribution in [3.05, 3.63) is 29.8 Å². The van der Waals surface area contributed by atoms with Crippen molar-refractivity contribution in [1.82, 2.24) is 5.32 Å². The SMILES string of the molecule is Cc1ccccc1N1CCCC(NCCO)C1. The normalized spacial score (nSPS) is 20.6. The summed E-state index contributed by atoms with van der Waals surface area (Å²) in [5.41, 5.74) is 2.69. The number of hydrogen-bond acceptors (Lipinski definition) is 3. The van der Waals surface area contributed by atoms with Crippen LogP contribution in [-0.4, -0.2) is 37.4 Å². The van der Waals surface area contributed by atoms with Gasteiger partial charge >= 0.3 is 0 Å². The van der Waals surface area contributed by atoms with Crippen molar-refractivity contribution >= 4 is 5.69 Å². The highest BCUT2D eigenvalue weighted by Gasteiger charge is 2.20. The zero-order chi connectivity index (χ0) is 12.1. The van der Waals surface area contributed by atoms with Crippen LogP contribution in [-0.2, 0) is 0 Å². The first-order valence-corrected chi connectivity index (χ1v) is 6.46. The number of anilines is 1. The predicted octanol–water partition coefficient (Wildman–Crippen LogP) is 1.55. The van der Waals surface area contributed by atoms with Crippen molar-refractivity contribution in [1.29, 1.82) is 0 Å². The molecule has 1 aliphatic rings. The molecule has 1 unspecified atom stereocenters. The van der Waals surface area contributed by atoms with E-state index in [-0.39, 0.29) is 6.61 Å². The van der Waals surface area contributed by atoms with E-state index in [9.17, 15) is 0 Å². The van der Waals surface area contributed by atoms with Gasteiger partial charge in [-0.15, -0.1) is 0 Å². The number of benzene rings is 1. The molecule has 1 heterocycles. The Morgan fingerprint density at radius 3 is 3.00 bits per heavy atom. The van der Waals surface area contributed by atoms with Crippen LogP contribution in [0.5, 0.6) is 0 Å². The van der Waals surface area contributed by atoms with Gasteiger partial charge in [-0.1, -0.05) is 18.2 Å². The van der Waals surface area contributed by atoms with Crippen molar-refractivity contribution in [2.45, 2.75) is 25.8 Å².